The van der Waals surface area contributed by atoms with Gasteiger partial charge in [0.1, 0.15) is 7.28 Å². The molecule has 1 unspecified atom stereocenters. The fourth-order valence-corrected chi connectivity index (χ4v) is 1.92. The van der Waals surface area contributed by atoms with Gasteiger partial charge in [-0.15, -0.1) is 0 Å². The predicted octanol–water partition coefficient (Wildman–Crippen LogP) is 1.49. The third kappa shape index (κ3) is 1.94. The lowest BCUT2D eigenvalue weighted by Crippen LogP contribution is -2.17. The van der Waals surface area contributed by atoms with E-state index in [1.54, 1.807) is 0 Å². The van der Waals surface area contributed by atoms with Crippen LogP contribution in [0.5, 0.6) is 0 Å². The fraction of sp³-hybridized carbons (Fsp3) is 0.455. The minimum absolute atomic E-state index is 0.597. The summed E-state index contributed by atoms with van der Waals surface area (Å²) in [5.41, 5.74) is 2.76. The average Bonchev–Trinajstić information content (AvgIpc) is 2.71. The number of nitrogens with one attached hydrogen (secondary N) is 1. The van der Waals surface area contributed by atoms with Crippen LogP contribution in [0.1, 0.15) is 24.4 Å². The number of hydrogen-bond donors (Lipinski definition) is 1. The lowest BCUT2D eigenvalue weighted by atomic mass is 9.72. The SMILES string of the molecule is C[B]c1cccc(C2CCCN2)c1. The van der Waals surface area contributed by atoms with Crippen LogP contribution in [0.4, 0.5) is 0 Å². The van der Waals surface area contributed by atoms with Gasteiger partial charge in [-0.05, 0) is 24.9 Å². The van der Waals surface area contributed by atoms with Gasteiger partial charge in [0.25, 0.3) is 0 Å². The second kappa shape index (κ2) is 3.97. The summed E-state index contributed by atoms with van der Waals surface area (Å²) in [7, 11) is 2.15. The van der Waals surface area contributed by atoms with Crippen molar-refractivity contribution in [3.63, 3.8) is 0 Å². The molecule has 0 bridgehead atoms. The maximum absolute atomic E-state index is 3.51. The van der Waals surface area contributed by atoms with Gasteiger partial charge in [0.2, 0.25) is 0 Å². The molecule has 0 saturated carbocycles. The Hall–Kier alpha value is -0.755. The molecule has 0 spiro atoms. The van der Waals surface area contributed by atoms with E-state index in [0.717, 1.165) is 0 Å². The second-order valence-corrected chi connectivity index (χ2v) is 3.61. The zero-order chi connectivity index (χ0) is 9.10. The Morgan fingerprint density at radius 1 is 1.46 bits per heavy atom. The van der Waals surface area contributed by atoms with E-state index < -0.39 is 0 Å². The molecule has 1 radical (unpaired) electrons. The summed E-state index contributed by atoms with van der Waals surface area (Å²) in [6, 6.07) is 9.39. The summed E-state index contributed by atoms with van der Waals surface area (Å²) in [4.78, 5) is 0. The van der Waals surface area contributed by atoms with Crippen LogP contribution in [-0.4, -0.2) is 13.8 Å². The summed E-state index contributed by atoms with van der Waals surface area (Å²) in [5, 5.41) is 3.51. The highest BCUT2D eigenvalue weighted by Gasteiger charge is 2.15. The third-order valence-electron chi connectivity index (χ3n) is 2.71. The molecule has 0 aromatic heterocycles. The lowest BCUT2D eigenvalue weighted by Gasteiger charge is -2.11. The van der Waals surface area contributed by atoms with Gasteiger partial charge >= 0.3 is 0 Å². The van der Waals surface area contributed by atoms with Crippen molar-refractivity contribution in [3.05, 3.63) is 29.8 Å². The minimum Gasteiger partial charge on any atom is -0.310 e. The molecule has 0 aliphatic carbocycles. The maximum Gasteiger partial charge on any atom is 0.148 e. The summed E-state index contributed by atoms with van der Waals surface area (Å²) in [6.45, 7) is 3.26. The molecule has 1 fully saturated rings. The molecule has 2 rings (SSSR count). The molecular weight excluding hydrogens is 157 g/mol. The van der Waals surface area contributed by atoms with Crippen LogP contribution in [0.2, 0.25) is 6.82 Å². The molecular formula is C11H15BN. The molecule has 1 atom stereocenters. The van der Waals surface area contributed by atoms with E-state index in [4.69, 9.17) is 0 Å². The van der Waals surface area contributed by atoms with Gasteiger partial charge in [0.15, 0.2) is 0 Å². The Bertz CT molecular complexity index is 279. The number of benzene rings is 1. The molecule has 67 valence electrons. The quantitative estimate of drug-likeness (QED) is 0.666. The molecule has 2 heteroatoms. The highest BCUT2D eigenvalue weighted by molar-refractivity contribution is 6.51. The van der Waals surface area contributed by atoms with Gasteiger partial charge in [0.05, 0.1) is 0 Å². The molecule has 1 aromatic carbocycles. The Balaban J connectivity index is 2.18. The van der Waals surface area contributed by atoms with Crippen LogP contribution < -0.4 is 10.8 Å². The van der Waals surface area contributed by atoms with Crippen molar-refractivity contribution in [2.45, 2.75) is 25.7 Å². The van der Waals surface area contributed by atoms with E-state index in [1.165, 1.54) is 30.4 Å². The Morgan fingerprint density at radius 3 is 3.08 bits per heavy atom. The first kappa shape index (κ1) is 8.83. The molecule has 1 saturated heterocycles. The van der Waals surface area contributed by atoms with Gasteiger partial charge in [-0.25, -0.2) is 0 Å². The normalized spacial score (nSPS) is 21.8. The molecule has 1 nitrogen and oxygen atoms in total. The fourth-order valence-electron chi connectivity index (χ4n) is 1.92. The largest absolute Gasteiger partial charge is 0.310 e. The Kier molecular flexibility index (Phi) is 2.69. The maximum atomic E-state index is 3.51. The highest BCUT2D eigenvalue weighted by Crippen LogP contribution is 2.21. The van der Waals surface area contributed by atoms with Crippen molar-refractivity contribution in [1.82, 2.24) is 5.32 Å². The van der Waals surface area contributed by atoms with Crippen LogP contribution in [-0.2, 0) is 0 Å². The summed E-state index contributed by atoms with van der Waals surface area (Å²) >= 11 is 0. The topological polar surface area (TPSA) is 12.0 Å². The highest BCUT2D eigenvalue weighted by atomic mass is 14.9. The van der Waals surface area contributed by atoms with E-state index >= 15 is 0 Å². The monoisotopic (exact) mass is 172 g/mol. The van der Waals surface area contributed by atoms with E-state index in [9.17, 15) is 0 Å². The Labute approximate surface area is 80.8 Å². The van der Waals surface area contributed by atoms with Crippen molar-refractivity contribution in [3.8, 4) is 0 Å². The Morgan fingerprint density at radius 2 is 2.38 bits per heavy atom. The van der Waals surface area contributed by atoms with Gasteiger partial charge in [0, 0.05) is 6.04 Å². The third-order valence-corrected chi connectivity index (χ3v) is 2.71. The van der Waals surface area contributed by atoms with Crippen molar-refractivity contribution in [1.29, 1.82) is 0 Å². The summed E-state index contributed by atoms with van der Waals surface area (Å²) in [6.07, 6.45) is 2.60. The van der Waals surface area contributed by atoms with Crippen molar-refractivity contribution in [2.24, 2.45) is 0 Å². The first-order valence-corrected chi connectivity index (χ1v) is 5.03. The number of rotatable bonds is 2. The predicted molar refractivity (Wildman–Crippen MR) is 57.7 cm³/mol. The minimum atomic E-state index is 0.597. The molecule has 1 heterocycles. The molecule has 13 heavy (non-hydrogen) atoms. The van der Waals surface area contributed by atoms with Gasteiger partial charge in [-0.2, -0.15) is 0 Å². The van der Waals surface area contributed by atoms with Gasteiger partial charge in [-0.3, -0.25) is 0 Å². The smallest absolute Gasteiger partial charge is 0.148 e. The zero-order valence-electron chi connectivity index (χ0n) is 8.09. The van der Waals surface area contributed by atoms with Crippen molar-refractivity contribution in [2.75, 3.05) is 6.54 Å². The van der Waals surface area contributed by atoms with Crippen LogP contribution in [0.15, 0.2) is 24.3 Å². The van der Waals surface area contributed by atoms with Crippen molar-refractivity contribution < 1.29 is 0 Å². The first-order valence-electron chi connectivity index (χ1n) is 5.03. The van der Waals surface area contributed by atoms with Crippen LogP contribution in [0, 0.1) is 0 Å². The van der Waals surface area contributed by atoms with E-state index in [1.807, 2.05) is 0 Å². The zero-order valence-corrected chi connectivity index (χ0v) is 8.09. The average molecular weight is 172 g/mol. The van der Waals surface area contributed by atoms with Crippen LogP contribution in [0.25, 0.3) is 0 Å². The van der Waals surface area contributed by atoms with E-state index in [-0.39, 0.29) is 0 Å². The van der Waals surface area contributed by atoms with Crippen molar-refractivity contribution >= 4 is 12.7 Å². The van der Waals surface area contributed by atoms with E-state index in [0.29, 0.717) is 6.04 Å². The molecule has 0 amide bonds. The molecule has 1 N–H and O–H groups in total. The lowest BCUT2D eigenvalue weighted by molar-refractivity contribution is 0.648. The second-order valence-electron chi connectivity index (χ2n) is 3.61. The standard InChI is InChI=1S/C11H15BN/c1-12-10-5-2-4-9(8-10)11-6-3-7-13-11/h2,4-5,8,11,13H,3,6-7H2,1H3. The molecule has 1 aliphatic rings. The van der Waals surface area contributed by atoms with Crippen LogP contribution >= 0.6 is 0 Å². The summed E-state index contributed by atoms with van der Waals surface area (Å²) in [5.74, 6) is 0. The van der Waals surface area contributed by atoms with Crippen LogP contribution in [0.3, 0.4) is 0 Å². The number of hydrogen-bond acceptors (Lipinski definition) is 1. The first-order chi connectivity index (χ1) is 6.40. The summed E-state index contributed by atoms with van der Waals surface area (Å²) < 4.78 is 0. The van der Waals surface area contributed by atoms with Gasteiger partial charge in [-0.1, -0.05) is 36.6 Å². The molecule has 1 aliphatic heterocycles. The van der Waals surface area contributed by atoms with Gasteiger partial charge < -0.3 is 5.32 Å². The molecule has 1 aromatic rings. The van der Waals surface area contributed by atoms with E-state index in [2.05, 4.69) is 43.7 Å².